The summed E-state index contributed by atoms with van der Waals surface area (Å²) >= 11 is 0. The topological polar surface area (TPSA) is 61.7 Å². The third-order valence-electron chi connectivity index (χ3n) is 5.21. The van der Waals surface area contributed by atoms with Gasteiger partial charge in [-0.25, -0.2) is 4.79 Å². The lowest BCUT2D eigenvalue weighted by Gasteiger charge is -2.19. The molecule has 3 aromatic carbocycles. The van der Waals surface area contributed by atoms with Gasteiger partial charge in [-0.3, -0.25) is 4.99 Å². The van der Waals surface area contributed by atoms with E-state index < -0.39 is 12.1 Å². The Kier molecular flexibility index (Phi) is 7.87. The van der Waals surface area contributed by atoms with Gasteiger partial charge in [0.1, 0.15) is 6.04 Å². The molecule has 0 saturated carbocycles. The van der Waals surface area contributed by atoms with Gasteiger partial charge in [0, 0.05) is 6.42 Å². The highest BCUT2D eigenvalue weighted by Crippen LogP contribution is 2.36. The van der Waals surface area contributed by atoms with E-state index >= 15 is 0 Å². The van der Waals surface area contributed by atoms with Crippen LogP contribution in [0.15, 0.2) is 89.9 Å². The van der Waals surface area contributed by atoms with E-state index in [1.807, 2.05) is 0 Å². The third kappa shape index (κ3) is 6.94. The zero-order chi connectivity index (χ0) is 23.8. The highest BCUT2D eigenvalue weighted by Gasteiger charge is 2.38. The molecule has 1 heterocycles. The van der Waals surface area contributed by atoms with Crippen molar-refractivity contribution in [2.24, 2.45) is 4.99 Å². The number of alkyl halides is 3. The Bertz CT molecular complexity index is 1080. The minimum absolute atomic E-state index is 0.131. The van der Waals surface area contributed by atoms with Crippen LogP contribution in [-0.4, -0.2) is 23.1 Å². The maximum atomic E-state index is 10.6. The van der Waals surface area contributed by atoms with Crippen molar-refractivity contribution in [1.29, 1.82) is 0 Å². The number of nitrogens with one attached hydrogen (secondary N) is 1. The summed E-state index contributed by atoms with van der Waals surface area (Å²) in [6.45, 7) is 2.14. The van der Waals surface area contributed by atoms with Gasteiger partial charge in [-0.1, -0.05) is 90.5 Å². The molecule has 3 aromatic rings. The minimum atomic E-state index is -5.08. The molecule has 0 aromatic heterocycles. The van der Waals surface area contributed by atoms with E-state index in [0.717, 1.165) is 18.7 Å². The van der Waals surface area contributed by atoms with Gasteiger partial charge in [0.25, 0.3) is 0 Å². The molecule has 0 amide bonds. The number of aliphatic carboxylic acids is 1. The number of hydrogen-bond acceptors (Lipinski definition) is 3. The maximum Gasteiger partial charge on any atom is 0.490 e. The Morgan fingerprint density at radius 3 is 2.03 bits per heavy atom. The molecule has 4 rings (SSSR count). The number of amidine groups is 1. The molecule has 0 aliphatic carbocycles. The van der Waals surface area contributed by atoms with Crippen molar-refractivity contribution in [3.8, 4) is 0 Å². The van der Waals surface area contributed by atoms with Crippen LogP contribution in [0.1, 0.15) is 40.8 Å². The third-order valence-corrected chi connectivity index (χ3v) is 5.21. The van der Waals surface area contributed by atoms with Gasteiger partial charge >= 0.3 is 12.1 Å². The highest BCUT2D eigenvalue weighted by molar-refractivity contribution is 5.85. The molecule has 7 heteroatoms. The van der Waals surface area contributed by atoms with Crippen LogP contribution in [0.25, 0.3) is 0 Å². The average Bonchev–Trinajstić information content (AvgIpc) is 3.23. The smallest absolute Gasteiger partial charge is 0.475 e. The van der Waals surface area contributed by atoms with Crippen LogP contribution in [0.4, 0.5) is 13.2 Å². The molecule has 0 saturated heterocycles. The number of hydrogen-bond donors (Lipinski definition) is 2. The molecule has 0 unspecified atom stereocenters. The predicted octanol–water partition coefficient (Wildman–Crippen LogP) is 6.05. The Balaban J connectivity index is 0.000000383. The van der Waals surface area contributed by atoms with Crippen LogP contribution in [-0.2, 0) is 11.2 Å². The Labute approximate surface area is 190 Å². The summed E-state index contributed by atoms with van der Waals surface area (Å²) in [7, 11) is 0. The summed E-state index contributed by atoms with van der Waals surface area (Å²) in [4.78, 5) is 14.0. The first-order chi connectivity index (χ1) is 15.7. The number of rotatable bonds is 5. The molecule has 33 heavy (non-hydrogen) atoms. The van der Waals surface area contributed by atoms with Crippen LogP contribution in [0, 0.1) is 6.92 Å². The Morgan fingerprint density at radius 2 is 1.48 bits per heavy atom. The SMILES string of the molecule is Cc1cccc(CCC2=N[C@H](c3ccccc3)[C@H](c3ccccc3)N2)c1.O=C(O)C(F)(F)F. The normalized spacial score (nSPS) is 17.4. The molecule has 0 bridgehead atoms. The number of halogens is 3. The zero-order valence-electron chi connectivity index (χ0n) is 18.1. The molecule has 2 N–H and O–H groups in total. The number of carboxylic acids is 1. The number of carboxylic acid groups (broad SMARTS) is 1. The van der Waals surface area contributed by atoms with Gasteiger partial charge in [-0.05, 0) is 30.0 Å². The van der Waals surface area contributed by atoms with Crippen LogP contribution < -0.4 is 5.32 Å². The van der Waals surface area contributed by atoms with Crippen LogP contribution in [0.5, 0.6) is 0 Å². The Hall–Kier alpha value is -3.61. The molecule has 0 spiro atoms. The standard InChI is InChI=1S/C24H24N2.C2HF3O2/c1-18-9-8-10-19(17-18)15-16-22-25-23(20-11-4-2-5-12-20)24(26-22)21-13-6-3-7-14-21;3-2(4,5)1(6)7/h2-14,17,23-24H,15-16H2,1H3,(H,25,26);(H,6,7)/t23-,24+;. The fourth-order valence-electron chi connectivity index (χ4n) is 3.65. The van der Waals surface area contributed by atoms with Gasteiger partial charge in [-0.15, -0.1) is 0 Å². The molecular formula is C26H25F3N2O2. The van der Waals surface area contributed by atoms with E-state index in [1.54, 1.807) is 0 Å². The summed E-state index contributed by atoms with van der Waals surface area (Å²) in [5.41, 5.74) is 5.23. The lowest BCUT2D eigenvalue weighted by molar-refractivity contribution is -0.192. The predicted molar refractivity (Wildman–Crippen MR) is 122 cm³/mol. The maximum absolute atomic E-state index is 10.6. The summed E-state index contributed by atoms with van der Waals surface area (Å²) < 4.78 is 31.7. The molecule has 2 atom stereocenters. The van der Waals surface area contributed by atoms with E-state index in [2.05, 4.69) is 97.2 Å². The second-order valence-electron chi connectivity index (χ2n) is 7.76. The molecule has 4 nitrogen and oxygen atoms in total. The van der Waals surface area contributed by atoms with Gasteiger partial charge < -0.3 is 10.4 Å². The minimum Gasteiger partial charge on any atom is -0.475 e. The molecule has 172 valence electrons. The fraction of sp³-hybridized carbons (Fsp3) is 0.231. The monoisotopic (exact) mass is 454 g/mol. The summed E-state index contributed by atoms with van der Waals surface area (Å²) in [6, 6.07) is 30.3. The quantitative estimate of drug-likeness (QED) is 0.494. The van der Waals surface area contributed by atoms with E-state index in [4.69, 9.17) is 14.9 Å². The van der Waals surface area contributed by atoms with E-state index in [0.29, 0.717) is 0 Å². The number of aliphatic imine (C=N–C) groups is 1. The number of benzene rings is 3. The van der Waals surface area contributed by atoms with Crippen molar-refractivity contribution in [3.05, 3.63) is 107 Å². The van der Waals surface area contributed by atoms with E-state index in [9.17, 15) is 13.2 Å². The van der Waals surface area contributed by atoms with Crippen molar-refractivity contribution in [1.82, 2.24) is 5.32 Å². The lowest BCUT2D eigenvalue weighted by Crippen LogP contribution is -2.24. The van der Waals surface area contributed by atoms with E-state index in [-0.39, 0.29) is 12.1 Å². The first-order valence-electron chi connectivity index (χ1n) is 10.5. The van der Waals surface area contributed by atoms with Crippen molar-refractivity contribution in [3.63, 3.8) is 0 Å². The first-order valence-corrected chi connectivity index (χ1v) is 10.5. The Morgan fingerprint density at radius 1 is 0.909 bits per heavy atom. The molecule has 1 aliphatic rings. The second kappa shape index (κ2) is 10.8. The molecule has 0 fully saturated rings. The summed E-state index contributed by atoms with van der Waals surface area (Å²) in [5, 5.41) is 10.8. The zero-order valence-corrected chi connectivity index (χ0v) is 18.1. The summed E-state index contributed by atoms with van der Waals surface area (Å²) in [5.74, 6) is -1.65. The number of carbonyl (C=O) groups is 1. The molecular weight excluding hydrogens is 429 g/mol. The van der Waals surface area contributed by atoms with Gasteiger partial charge in [0.05, 0.1) is 11.9 Å². The average molecular weight is 454 g/mol. The van der Waals surface area contributed by atoms with Crippen molar-refractivity contribution >= 4 is 11.8 Å². The lowest BCUT2D eigenvalue weighted by atomic mass is 9.95. The second-order valence-corrected chi connectivity index (χ2v) is 7.76. The highest BCUT2D eigenvalue weighted by atomic mass is 19.4. The van der Waals surface area contributed by atoms with Crippen molar-refractivity contribution < 1.29 is 23.1 Å². The van der Waals surface area contributed by atoms with Crippen LogP contribution in [0.2, 0.25) is 0 Å². The van der Waals surface area contributed by atoms with Crippen LogP contribution >= 0.6 is 0 Å². The van der Waals surface area contributed by atoms with E-state index in [1.165, 1.54) is 22.3 Å². The largest absolute Gasteiger partial charge is 0.490 e. The number of nitrogens with zero attached hydrogens (tertiary/aromatic N) is 1. The first kappa shape index (κ1) is 24.0. The van der Waals surface area contributed by atoms with Crippen molar-refractivity contribution in [2.75, 3.05) is 0 Å². The van der Waals surface area contributed by atoms with Gasteiger partial charge in [0.15, 0.2) is 0 Å². The molecule has 0 radical (unpaired) electrons. The van der Waals surface area contributed by atoms with Crippen molar-refractivity contribution in [2.45, 2.75) is 38.0 Å². The van der Waals surface area contributed by atoms with Gasteiger partial charge in [0.2, 0.25) is 0 Å². The number of aryl methyl sites for hydroxylation is 2. The summed E-state index contributed by atoms with van der Waals surface area (Å²) in [6.07, 6.45) is -3.13. The fourth-order valence-corrected chi connectivity index (χ4v) is 3.65. The molecule has 1 aliphatic heterocycles. The van der Waals surface area contributed by atoms with Crippen LogP contribution in [0.3, 0.4) is 0 Å². The van der Waals surface area contributed by atoms with Gasteiger partial charge in [-0.2, -0.15) is 13.2 Å².